The lowest BCUT2D eigenvalue weighted by molar-refractivity contribution is -0.123. The van der Waals surface area contributed by atoms with Crippen molar-refractivity contribution in [1.82, 2.24) is 0 Å². The molecule has 1 fully saturated rings. The van der Waals surface area contributed by atoms with Gasteiger partial charge in [0.25, 0.3) is 0 Å². The highest BCUT2D eigenvalue weighted by atomic mass is 16.5. The molecule has 3 aromatic rings. The molecule has 0 radical (unpaired) electrons. The highest BCUT2D eigenvalue weighted by molar-refractivity contribution is 6.22. The van der Waals surface area contributed by atoms with E-state index >= 15 is 0 Å². The molecule has 3 aromatic carbocycles. The number of aliphatic hydroxyl groups is 2. The number of phenols is 1. The van der Waals surface area contributed by atoms with Gasteiger partial charge in [0.05, 0.1) is 30.2 Å². The van der Waals surface area contributed by atoms with Crippen LogP contribution in [0.15, 0.2) is 102 Å². The van der Waals surface area contributed by atoms with Crippen molar-refractivity contribution >= 4 is 23.6 Å². The van der Waals surface area contributed by atoms with Crippen LogP contribution < -0.4 is 9.64 Å². The molecule has 218 valence electrons. The van der Waals surface area contributed by atoms with E-state index in [0.717, 1.165) is 23.1 Å². The van der Waals surface area contributed by atoms with Crippen LogP contribution >= 0.6 is 0 Å². The van der Waals surface area contributed by atoms with Crippen LogP contribution in [0.2, 0.25) is 0 Å². The van der Waals surface area contributed by atoms with Crippen LogP contribution in [0.25, 0.3) is 6.08 Å². The summed E-state index contributed by atoms with van der Waals surface area (Å²) in [6.45, 7) is 1.83. The number of carbonyl (C=O) groups is 2. The minimum absolute atomic E-state index is 0.146. The van der Waals surface area contributed by atoms with Gasteiger partial charge in [0.1, 0.15) is 18.1 Å². The van der Waals surface area contributed by atoms with Gasteiger partial charge in [-0.2, -0.15) is 0 Å². The number of hydrogen-bond donors (Lipinski definition) is 3. The average Bonchev–Trinajstić information content (AvgIpc) is 3.27. The Morgan fingerprint density at radius 2 is 1.64 bits per heavy atom. The maximum atomic E-state index is 13.7. The Labute approximate surface area is 246 Å². The number of allylic oxidation sites excluding steroid dienone is 1. The van der Waals surface area contributed by atoms with Gasteiger partial charge >= 0.3 is 0 Å². The van der Waals surface area contributed by atoms with Gasteiger partial charge in [0.2, 0.25) is 11.8 Å². The molecule has 1 heterocycles. The van der Waals surface area contributed by atoms with Crippen molar-refractivity contribution in [2.75, 3.05) is 18.1 Å². The zero-order valence-corrected chi connectivity index (χ0v) is 23.7. The van der Waals surface area contributed by atoms with Crippen LogP contribution in [0.3, 0.4) is 0 Å². The van der Waals surface area contributed by atoms with Gasteiger partial charge in [-0.15, -0.1) is 0 Å². The number of benzene rings is 3. The Hall–Kier alpha value is -4.20. The van der Waals surface area contributed by atoms with Crippen LogP contribution in [0, 0.1) is 17.8 Å². The third-order valence-electron chi connectivity index (χ3n) is 8.37. The molecule has 0 saturated carbocycles. The smallest absolute Gasteiger partial charge is 0.238 e. The number of fused-ring (bicyclic) bond motifs is 1. The number of aromatic hydroxyl groups is 1. The number of rotatable bonds is 11. The number of imide groups is 1. The number of ether oxygens (including phenoxy) is 1. The summed E-state index contributed by atoms with van der Waals surface area (Å²) in [5.41, 5.74) is 3.95. The second-order valence-electron chi connectivity index (χ2n) is 10.9. The number of anilines is 1. The van der Waals surface area contributed by atoms with Gasteiger partial charge in [-0.25, -0.2) is 0 Å². The van der Waals surface area contributed by atoms with Crippen molar-refractivity contribution in [2.45, 2.75) is 38.7 Å². The molecule has 0 spiro atoms. The van der Waals surface area contributed by atoms with Crippen LogP contribution in [0.5, 0.6) is 11.5 Å². The first kappa shape index (κ1) is 29.3. The zero-order valence-electron chi connectivity index (χ0n) is 23.7. The van der Waals surface area contributed by atoms with E-state index in [2.05, 4.69) is 13.0 Å². The average molecular weight is 568 g/mol. The second kappa shape index (κ2) is 13.2. The SMILES string of the molecule is CC/C(=C\c1ccc(O)cc1)CC[C@@H](O)C1=C(COc2ccccc2)C[C@H]2C(=O)N(c3ccccc3)C(=O)[C@H]2[C@H]1CO. The summed E-state index contributed by atoms with van der Waals surface area (Å²) >= 11 is 0. The summed E-state index contributed by atoms with van der Waals surface area (Å²) in [5.74, 6) is -1.87. The van der Waals surface area contributed by atoms with E-state index in [1.54, 1.807) is 36.4 Å². The molecule has 4 atom stereocenters. The van der Waals surface area contributed by atoms with Gasteiger partial charge < -0.3 is 20.1 Å². The predicted molar refractivity (Wildman–Crippen MR) is 162 cm³/mol. The fourth-order valence-electron chi connectivity index (χ4n) is 6.25. The van der Waals surface area contributed by atoms with Crippen LogP contribution in [0.4, 0.5) is 5.69 Å². The topological polar surface area (TPSA) is 107 Å². The second-order valence-corrected chi connectivity index (χ2v) is 10.9. The Morgan fingerprint density at radius 3 is 2.29 bits per heavy atom. The number of phenolic OH excluding ortho intramolecular Hbond substituents is 1. The molecule has 0 unspecified atom stereocenters. The summed E-state index contributed by atoms with van der Waals surface area (Å²) < 4.78 is 6.08. The molecule has 1 aliphatic heterocycles. The molecule has 7 heteroatoms. The van der Waals surface area contributed by atoms with E-state index in [9.17, 15) is 24.9 Å². The minimum Gasteiger partial charge on any atom is -0.508 e. The normalized spacial score (nSPS) is 21.5. The maximum Gasteiger partial charge on any atom is 0.238 e. The molecule has 0 bridgehead atoms. The van der Waals surface area contributed by atoms with Crippen molar-refractivity contribution in [3.8, 4) is 11.5 Å². The molecule has 1 aliphatic carbocycles. The van der Waals surface area contributed by atoms with Gasteiger partial charge in [-0.1, -0.05) is 67.1 Å². The lowest BCUT2D eigenvalue weighted by Gasteiger charge is -2.36. The van der Waals surface area contributed by atoms with E-state index in [1.807, 2.05) is 48.5 Å². The first-order valence-corrected chi connectivity index (χ1v) is 14.5. The van der Waals surface area contributed by atoms with E-state index < -0.39 is 23.9 Å². The maximum absolute atomic E-state index is 13.7. The Kier molecular flexibility index (Phi) is 9.20. The highest BCUT2D eigenvalue weighted by Gasteiger charge is 2.55. The van der Waals surface area contributed by atoms with E-state index in [1.165, 1.54) is 4.90 Å². The summed E-state index contributed by atoms with van der Waals surface area (Å²) in [4.78, 5) is 28.6. The molecule has 2 amide bonds. The summed E-state index contributed by atoms with van der Waals surface area (Å²) in [6.07, 6.45) is 3.17. The lowest BCUT2D eigenvalue weighted by Crippen LogP contribution is -2.40. The quantitative estimate of drug-likeness (QED) is 0.208. The van der Waals surface area contributed by atoms with E-state index in [0.29, 0.717) is 29.9 Å². The fourth-order valence-corrected chi connectivity index (χ4v) is 6.25. The summed E-state index contributed by atoms with van der Waals surface area (Å²) in [7, 11) is 0. The van der Waals surface area contributed by atoms with Gasteiger partial charge in [0, 0.05) is 5.92 Å². The molecular formula is C35H37NO6. The zero-order chi connectivity index (χ0) is 29.6. The monoisotopic (exact) mass is 567 g/mol. The number of aliphatic hydroxyl groups excluding tert-OH is 2. The number of nitrogens with zero attached hydrogens (tertiary/aromatic N) is 1. The van der Waals surface area contributed by atoms with Gasteiger partial charge in [-0.05, 0) is 78.8 Å². The van der Waals surface area contributed by atoms with E-state index in [4.69, 9.17) is 4.74 Å². The third-order valence-corrected chi connectivity index (χ3v) is 8.37. The largest absolute Gasteiger partial charge is 0.508 e. The Bertz CT molecular complexity index is 1450. The molecule has 3 N–H and O–H groups in total. The number of amides is 2. The van der Waals surface area contributed by atoms with Gasteiger partial charge in [-0.3, -0.25) is 14.5 Å². The molecule has 42 heavy (non-hydrogen) atoms. The first-order valence-electron chi connectivity index (χ1n) is 14.5. The standard InChI is InChI=1S/C35H37NO6/c1-2-23(19-24-13-16-27(38)17-14-24)15-18-31(39)32-25(22-42-28-11-7-4-8-12-28)20-29-33(30(32)21-37)35(41)36(34(29)40)26-9-5-3-6-10-26/h3-14,16-17,19,29-31,33,37-39H,2,15,18,20-22H2,1H3/b23-19+/t29-,30+,31-,33-/m1/s1. The van der Waals surface area contributed by atoms with Crippen molar-refractivity contribution in [1.29, 1.82) is 0 Å². The molecule has 7 nitrogen and oxygen atoms in total. The molecule has 0 aromatic heterocycles. The molecule has 5 rings (SSSR count). The van der Waals surface area contributed by atoms with Crippen LogP contribution in [0.1, 0.15) is 38.2 Å². The van der Waals surface area contributed by atoms with Crippen LogP contribution in [-0.2, 0) is 9.59 Å². The minimum atomic E-state index is -0.930. The van der Waals surface area contributed by atoms with E-state index in [-0.39, 0.29) is 37.2 Å². The van der Waals surface area contributed by atoms with Crippen molar-refractivity contribution in [2.24, 2.45) is 17.8 Å². The van der Waals surface area contributed by atoms with Crippen LogP contribution in [-0.4, -0.2) is 46.5 Å². The number of hydrogen-bond acceptors (Lipinski definition) is 6. The molecule has 1 saturated heterocycles. The van der Waals surface area contributed by atoms with Crippen molar-refractivity contribution < 1.29 is 29.6 Å². The third kappa shape index (κ3) is 6.17. The van der Waals surface area contributed by atoms with Gasteiger partial charge in [0.15, 0.2) is 0 Å². The highest BCUT2D eigenvalue weighted by Crippen LogP contribution is 2.47. The lowest BCUT2D eigenvalue weighted by atomic mass is 9.68. The Balaban J connectivity index is 1.44. The fraction of sp³-hybridized carbons (Fsp3) is 0.314. The Morgan fingerprint density at radius 1 is 0.976 bits per heavy atom. The van der Waals surface area contributed by atoms with Crippen molar-refractivity contribution in [3.05, 3.63) is 107 Å². The number of para-hydroxylation sites is 2. The predicted octanol–water partition coefficient (Wildman–Crippen LogP) is 5.52. The first-order chi connectivity index (χ1) is 20.4. The molecular weight excluding hydrogens is 530 g/mol. The molecule has 2 aliphatic rings. The number of carbonyl (C=O) groups excluding carboxylic acids is 2. The summed E-state index contributed by atoms with van der Waals surface area (Å²) in [5, 5.41) is 31.9. The van der Waals surface area contributed by atoms with Crippen molar-refractivity contribution in [3.63, 3.8) is 0 Å². The summed E-state index contributed by atoms with van der Waals surface area (Å²) in [6, 6.07) is 25.1.